The third-order valence-corrected chi connectivity index (χ3v) is 4.74. The van der Waals surface area contributed by atoms with Crippen LogP contribution >= 0.6 is 11.3 Å². The van der Waals surface area contributed by atoms with E-state index in [4.69, 9.17) is 9.84 Å². The summed E-state index contributed by atoms with van der Waals surface area (Å²) in [5, 5.41) is 11.9. The Morgan fingerprint density at radius 3 is 2.90 bits per heavy atom. The van der Waals surface area contributed by atoms with Gasteiger partial charge in [0.05, 0.1) is 16.4 Å². The number of carbonyl (C=O) groups is 1. The molecule has 0 saturated carbocycles. The molecule has 2 rings (SSSR count). The van der Waals surface area contributed by atoms with Gasteiger partial charge in [0.25, 0.3) is 5.91 Å². The highest BCUT2D eigenvalue weighted by atomic mass is 32.1. The second kappa shape index (κ2) is 7.08. The highest BCUT2D eigenvalue weighted by Gasteiger charge is 2.29. The quantitative estimate of drug-likeness (QED) is 0.841. The molecule has 0 unspecified atom stereocenters. The molecule has 1 aliphatic heterocycles. The smallest absolute Gasteiger partial charge is 0.261 e. The Kier molecular flexibility index (Phi) is 5.40. The highest BCUT2D eigenvalue weighted by molar-refractivity contribution is 7.14. The van der Waals surface area contributed by atoms with E-state index in [0.717, 1.165) is 23.3 Å². The molecule has 0 spiro atoms. The van der Waals surface area contributed by atoms with Gasteiger partial charge in [0.2, 0.25) is 0 Å². The fourth-order valence-corrected chi connectivity index (χ4v) is 3.14. The average molecular weight is 307 g/mol. The largest absolute Gasteiger partial charge is 0.395 e. The summed E-state index contributed by atoms with van der Waals surface area (Å²) in [6, 6.07) is 1.88. The predicted molar refractivity (Wildman–Crippen MR) is 83.6 cm³/mol. The van der Waals surface area contributed by atoms with Crippen LogP contribution in [0.2, 0.25) is 0 Å². The van der Waals surface area contributed by atoms with Crippen molar-refractivity contribution in [3.8, 4) is 11.8 Å². The van der Waals surface area contributed by atoms with E-state index in [1.54, 1.807) is 0 Å². The van der Waals surface area contributed by atoms with Gasteiger partial charge < -0.3 is 15.2 Å². The normalized spacial score (nSPS) is 16.9. The molecule has 21 heavy (non-hydrogen) atoms. The number of amides is 1. The number of ether oxygens (including phenoxy) is 1. The first kappa shape index (κ1) is 16.0. The maximum Gasteiger partial charge on any atom is 0.261 e. The lowest BCUT2D eigenvalue weighted by molar-refractivity contribution is 0.0424. The van der Waals surface area contributed by atoms with Crippen molar-refractivity contribution in [3.63, 3.8) is 0 Å². The molecular weight excluding hydrogens is 286 g/mol. The molecule has 1 amide bonds. The van der Waals surface area contributed by atoms with Crippen LogP contribution in [0.5, 0.6) is 0 Å². The molecule has 1 aliphatic rings. The zero-order valence-corrected chi connectivity index (χ0v) is 13.3. The molecule has 1 aromatic heterocycles. The van der Waals surface area contributed by atoms with E-state index >= 15 is 0 Å². The van der Waals surface area contributed by atoms with Gasteiger partial charge >= 0.3 is 0 Å². The van der Waals surface area contributed by atoms with Gasteiger partial charge in [0.1, 0.15) is 0 Å². The number of aryl methyl sites for hydroxylation is 1. The molecule has 1 aromatic rings. The van der Waals surface area contributed by atoms with Crippen LogP contribution in [0.3, 0.4) is 0 Å². The molecule has 0 atom stereocenters. The van der Waals surface area contributed by atoms with Crippen molar-refractivity contribution in [1.29, 1.82) is 0 Å². The van der Waals surface area contributed by atoms with Crippen molar-refractivity contribution < 1.29 is 14.6 Å². The van der Waals surface area contributed by atoms with Crippen LogP contribution in [0.4, 0.5) is 0 Å². The standard InChI is InChI=1S/C16H21NO3S/c1-12-11-14(21-13(12)5-3-4-8-18)15(19)17-16(2)6-9-20-10-7-16/h11,18H,4,6-10H2,1-2H3,(H,17,19). The zero-order chi connectivity index (χ0) is 15.3. The van der Waals surface area contributed by atoms with Gasteiger partial charge in [0, 0.05) is 25.2 Å². The molecule has 0 radical (unpaired) electrons. The number of aliphatic hydroxyl groups is 1. The fourth-order valence-electron chi connectivity index (χ4n) is 2.20. The van der Waals surface area contributed by atoms with E-state index < -0.39 is 0 Å². The van der Waals surface area contributed by atoms with Crippen molar-refractivity contribution >= 4 is 17.2 Å². The van der Waals surface area contributed by atoms with Crippen LogP contribution in [0.1, 0.15) is 46.3 Å². The summed E-state index contributed by atoms with van der Waals surface area (Å²) < 4.78 is 5.34. The molecule has 0 aromatic carbocycles. The SMILES string of the molecule is Cc1cc(C(=O)NC2(C)CCOCC2)sc1C#CCCO. The molecule has 1 saturated heterocycles. The van der Waals surface area contributed by atoms with Crippen LogP contribution < -0.4 is 5.32 Å². The Balaban J connectivity index is 2.06. The maximum absolute atomic E-state index is 12.4. The third-order valence-electron chi connectivity index (χ3n) is 3.59. The van der Waals surface area contributed by atoms with Gasteiger partial charge in [-0.2, -0.15) is 0 Å². The summed E-state index contributed by atoms with van der Waals surface area (Å²) in [6.07, 6.45) is 2.13. The first-order chi connectivity index (χ1) is 10.0. The predicted octanol–water partition coefficient (Wildman–Crippen LogP) is 2.09. The minimum atomic E-state index is -0.185. The van der Waals surface area contributed by atoms with Crippen LogP contribution in [0, 0.1) is 18.8 Å². The van der Waals surface area contributed by atoms with Crippen molar-refractivity contribution in [2.24, 2.45) is 0 Å². The molecule has 4 nitrogen and oxygen atoms in total. The number of carbonyl (C=O) groups excluding carboxylic acids is 1. The summed E-state index contributed by atoms with van der Waals surface area (Å²) in [6.45, 7) is 5.46. The Bertz CT molecular complexity index is 562. The number of hydrogen-bond acceptors (Lipinski definition) is 4. The van der Waals surface area contributed by atoms with Crippen molar-refractivity contribution in [2.75, 3.05) is 19.8 Å². The summed E-state index contributed by atoms with van der Waals surface area (Å²) in [5.41, 5.74) is 0.823. The highest BCUT2D eigenvalue weighted by Crippen LogP contribution is 2.24. The number of rotatable bonds is 3. The summed E-state index contributed by atoms with van der Waals surface area (Å²) in [5.74, 6) is 5.87. The van der Waals surface area contributed by atoms with E-state index in [1.165, 1.54) is 11.3 Å². The Hall–Kier alpha value is -1.35. The monoisotopic (exact) mass is 307 g/mol. The topological polar surface area (TPSA) is 58.6 Å². The molecule has 2 heterocycles. The maximum atomic E-state index is 12.4. The number of thiophene rings is 1. The number of nitrogens with one attached hydrogen (secondary N) is 1. The third kappa shape index (κ3) is 4.31. The van der Waals surface area contributed by atoms with Crippen molar-refractivity contribution in [1.82, 2.24) is 5.32 Å². The van der Waals surface area contributed by atoms with E-state index in [2.05, 4.69) is 24.1 Å². The minimum Gasteiger partial charge on any atom is -0.395 e. The second-order valence-electron chi connectivity index (χ2n) is 5.53. The summed E-state index contributed by atoms with van der Waals surface area (Å²) in [7, 11) is 0. The zero-order valence-electron chi connectivity index (χ0n) is 12.5. The first-order valence-corrected chi connectivity index (χ1v) is 7.96. The molecular formula is C16H21NO3S. The number of hydrogen-bond donors (Lipinski definition) is 2. The molecule has 2 N–H and O–H groups in total. The van der Waals surface area contributed by atoms with Gasteiger partial charge in [-0.05, 0) is 38.3 Å². The molecule has 5 heteroatoms. The average Bonchev–Trinajstić information content (AvgIpc) is 2.81. The summed E-state index contributed by atoms with van der Waals surface area (Å²) >= 11 is 1.41. The van der Waals surface area contributed by atoms with Crippen molar-refractivity contribution in [3.05, 3.63) is 21.4 Å². The van der Waals surface area contributed by atoms with Crippen molar-refractivity contribution in [2.45, 2.75) is 38.6 Å². The van der Waals surface area contributed by atoms with Gasteiger partial charge in [-0.25, -0.2) is 0 Å². The van der Waals surface area contributed by atoms with E-state index in [9.17, 15) is 4.79 Å². The van der Waals surface area contributed by atoms with Crippen LogP contribution in [0.15, 0.2) is 6.07 Å². The fraction of sp³-hybridized carbons (Fsp3) is 0.562. The van der Waals surface area contributed by atoms with Crippen LogP contribution in [-0.2, 0) is 4.74 Å². The van der Waals surface area contributed by atoms with Gasteiger partial charge in [-0.15, -0.1) is 11.3 Å². The molecule has 0 aliphatic carbocycles. The Morgan fingerprint density at radius 2 is 2.24 bits per heavy atom. The minimum absolute atomic E-state index is 0.0392. The lowest BCUT2D eigenvalue weighted by Crippen LogP contribution is -2.49. The number of aliphatic hydroxyl groups excluding tert-OH is 1. The first-order valence-electron chi connectivity index (χ1n) is 7.14. The molecule has 0 bridgehead atoms. The second-order valence-corrected chi connectivity index (χ2v) is 6.58. The molecule has 114 valence electrons. The van der Waals surface area contributed by atoms with Crippen LogP contribution in [0.25, 0.3) is 0 Å². The van der Waals surface area contributed by atoms with Gasteiger partial charge in [-0.3, -0.25) is 4.79 Å². The Labute approximate surface area is 129 Å². The van der Waals surface area contributed by atoms with E-state index in [0.29, 0.717) is 24.5 Å². The van der Waals surface area contributed by atoms with E-state index in [-0.39, 0.29) is 18.1 Å². The summed E-state index contributed by atoms with van der Waals surface area (Å²) in [4.78, 5) is 14.0. The Morgan fingerprint density at radius 1 is 1.52 bits per heavy atom. The van der Waals surface area contributed by atoms with Gasteiger partial charge in [-0.1, -0.05) is 11.8 Å². The van der Waals surface area contributed by atoms with E-state index in [1.807, 2.05) is 13.0 Å². The lowest BCUT2D eigenvalue weighted by Gasteiger charge is -2.34. The van der Waals surface area contributed by atoms with Crippen LogP contribution in [-0.4, -0.2) is 36.4 Å². The lowest BCUT2D eigenvalue weighted by atomic mass is 9.92. The van der Waals surface area contributed by atoms with Gasteiger partial charge in [0.15, 0.2) is 0 Å². The molecule has 1 fully saturated rings.